The van der Waals surface area contributed by atoms with Crippen molar-refractivity contribution in [2.45, 2.75) is 32.2 Å². The molecule has 0 aliphatic carbocycles. The molecule has 178 valence electrons. The van der Waals surface area contributed by atoms with Gasteiger partial charge in [-0.3, -0.25) is 9.59 Å². The summed E-state index contributed by atoms with van der Waals surface area (Å²) in [5.74, 6) is -1.43. The fourth-order valence-electron chi connectivity index (χ4n) is 3.70. The van der Waals surface area contributed by atoms with Crippen molar-refractivity contribution >= 4 is 34.5 Å². The third kappa shape index (κ3) is 6.39. The van der Waals surface area contributed by atoms with Gasteiger partial charge in [-0.15, -0.1) is 0 Å². The summed E-state index contributed by atoms with van der Waals surface area (Å²) < 4.78 is 13.1. The number of carbonyl (C=O) groups excluding carboxylic acids is 1. The van der Waals surface area contributed by atoms with Gasteiger partial charge in [0, 0.05) is 29.1 Å². The highest BCUT2D eigenvalue weighted by Crippen LogP contribution is 2.26. The Kier molecular flexibility index (Phi) is 7.67. The van der Waals surface area contributed by atoms with E-state index < -0.39 is 5.97 Å². The van der Waals surface area contributed by atoms with Gasteiger partial charge in [0.15, 0.2) is 0 Å². The number of carboxylic acid groups (broad SMARTS) is 1. The smallest absolute Gasteiger partial charge is 0.303 e. The first-order chi connectivity index (χ1) is 16.9. The highest BCUT2D eigenvalue weighted by Gasteiger charge is 2.14. The van der Waals surface area contributed by atoms with Crippen molar-refractivity contribution in [2.24, 2.45) is 0 Å². The minimum Gasteiger partial charge on any atom is -0.481 e. The number of amides is 1. The molecule has 0 atom stereocenters. The first-order valence-electron chi connectivity index (χ1n) is 11.2. The number of aliphatic carboxylic acids is 1. The van der Waals surface area contributed by atoms with Crippen LogP contribution in [0, 0.1) is 5.82 Å². The Labute approximate surface area is 206 Å². The van der Waals surface area contributed by atoms with Crippen LogP contribution in [0.25, 0.3) is 22.3 Å². The van der Waals surface area contributed by atoms with Crippen LogP contribution in [0.5, 0.6) is 0 Å². The van der Waals surface area contributed by atoms with Crippen molar-refractivity contribution < 1.29 is 19.1 Å². The van der Waals surface area contributed by atoms with Crippen LogP contribution in [0.2, 0.25) is 5.02 Å². The Morgan fingerprint density at radius 3 is 2.37 bits per heavy atom. The van der Waals surface area contributed by atoms with Crippen LogP contribution < -0.4 is 5.32 Å². The summed E-state index contributed by atoms with van der Waals surface area (Å²) in [6, 6.07) is 18.4. The first-order valence-corrected chi connectivity index (χ1v) is 11.6. The molecule has 2 N–H and O–H groups in total. The molecule has 4 aromatic rings. The number of nitrogens with zero attached hydrogens (tertiary/aromatic N) is 2. The molecule has 4 rings (SSSR count). The highest BCUT2D eigenvalue weighted by atomic mass is 35.5. The van der Waals surface area contributed by atoms with Gasteiger partial charge in [-0.2, -0.15) is 0 Å². The number of aryl methyl sites for hydroxylation is 1. The Balaban J connectivity index is 1.60. The van der Waals surface area contributed by atoms with E-state index in [2.05, 4.69) is 5.32 Å². The van der Waals surface area contributed by atoms with Gasteiger partial charge in [-0.1, -0.05) is 35.9 Å². The summed E-state index contributed by atoms with van der Waals surface area (Å²) in [4.78, 5) is 33.2. The van der Waals surface area contributed by atoms with Gasteiger partial charge < -0.3 is 10.4 Å². The van der Waals surface area contributed by atoms with E-state index in [1.807, 2.05) is 12.1 Å². The number of nitrogens with one attached hydrogen (secondary N) is 1. The second-order valence-electron chi connectivity index (χ2n) is 8.14. The molecule has 3 aromatic carbocycles. The molecule has 8 heteroatoms. The predicted octanol–water partition coefficient (Wildman–Crippen LogP) is 5.82. The van der Waals surface area contributed by atoms with E-state index in [0.29, 0.717) is 46.6 Å². The summed E-state index contributed by atoms with van der Waals surface area (Å²) in [6.45, 7) is 0.271. The SMILES string of the molecule is O=C(O)CCCCc1nc2cc(C(=O)NCc3ccc(F)cc3)ccc2nc1-c1ccc(Cl)cc1. The minimum atomic E-state index is -0.830. The first kappa shape index (κ1) is 24.3. The molecular weight excluding hydrogens is 469 g/mol. The zero-order valence-electron chi connectivity index (χ0n) is 18.8. The Bertz CT molecular complexity index is 1360. The number of fused-ring (bicyclic) bond motifs is 1. The Hall–Kier alpha value is -3.84. The van der Waals surface area contributed by atoms with Gasteiger partial charge in [-0.05, 0) is 67.3 Å². The average molecular weight is 492 g/mol. The van der Waals surface area contributed by atoms with Crippen LogP contribution in [0.1, 0.15) is 40.9 Å². The molecule has 0 aliphatic rings. The lowest BCUT2D eigenvalue weighted by molar-refractivity contribution is -0.137. The Morgan fingerprint density at radius 1 is 0.914 bits per heavy atom. The van der Waals surface area contributed by atoms with Crippen LogP contribution in [-0.4, -0.2) is 27.0 Å². The summed E-state index contributed by atoms with van der Waals surface area (Å²) in [5, 5.41) is 12.4. The van der Waals surface area contributed by atoms with Crippen LogP contribution in [-0.2, 0) is 17.8 Å². The lowest BCUT2D eigenvalue weighted by Gasteiger charge is -2.11. The van der Waals surface area contributed by atoms with E-state index >= 15 is 0 Å². The predicted molar refractivity (Wildman–Crippen MR) is 133 cm³/mol. The maximum absolute atomic E-state index is 13.1. The number of hydrogen-bond donors (Lipinski definition) is 2. The van der Waals surface area contributed by atoms with Gasteiger partial charge in [0.2, 0.25) is 0 Å². The molecule has 0 radical (unpaired) electrons. The van der Waals surface area contributed by atoms with Crippen LogP contribution >= 0.6 is 11.6 Å². The van der Waals surface area contributed by atoms with Crippen LogP contribution in [0.15, 0.2) is 66.7 Å². The summed E-state index contributed by atoms with van der Waals surface area (Å²) in [5.41, 5.74) is 4.73. The maximum atomic E-state index is 13.1. The number of benzene rings is 3. The lowest BCUT2D eigenvalue weighted by atomic mass is 10.0. The quantitative estimate of drug-likeness (QED) is 0.288. The fourth-order valence-corrected chi connectivity index (χ4v) is 3.83. The van der Waals surface area contributed by atoms with E-state index in [4.69, 9.17) is 26.7 Å². The van der Waals surface area contributed by atoms with Crippen LogP contribution in [0.4, 0.5) is 4.39 Å². The highest BCUT2D eigenvalue weighted by molar-refractivity contribution is 6.30. The zero-order valence-corrected chi connectivity index (χ0v) is 19.6. The van der Waals surface area contributed by atoms with Crippen molar-refractivity contribution in [1.29, 1.82) is 0 Å². The molecule has 35 heavy (non-hydrogen) atoms. The minimum absolute atomic E-state index is 0.0929. The van der Waals surface area contributed by atoms with Gasteiger partial charge in [0.1, 0.15) is 5.82 Å². The van der Waals surface area contributed by atoms with Crippen molar-refractivity contribution in [3.8, 4) is 11.3 Å². The monoisotopic (exact) mass is 491 g/mol. The molecule has 0 aliphatic heterocycles. The second-order valence-corrected chi connectivity index (χ2v) is 8.58. The number of carboxylic acids is 1. The molecule has 1 amide bonds. The molecular formula is C27H23ClFN3O3. The maximum Gasteiger partial charge on any atom is 0.303 e. The largest absolute Gasteiger partial charge is 0.481 e. The van der Waals surface area contributed by atoms with Gasteiger partial charge in [0.25, 0.3) is 5.91 Å². The standard InChI is InChI=1S/C27H23ClFN3O3/c28-20-10-7-18(8-11-20)26-23(3-1-2-4-25(33)34)31-24-15-19(9-14-22(24)32-26)27(35)30-16-17-5-12-21(29)13-6-17/h5-15H,1-4,16H2,(H,30,35)(H,33,34). The van der Waals surface area contributed by atoms with Crippen molar-refractivity contribution in [3.63, 3.8) is 0 Å². The normalized spacial score (nSPS) is 10.9. The topological polar surface area (TPSA) is 92.2 Å². The van der Waals surface area contributed by atoms with E-state index in [1.165, 1.54) is 12.1 Å². The van der Waals surface area contributed by atoms with Crippen molar-refractivity contribution in [2.75, 3.05) is 0 Å². The van der Waals surface area contributed by atoms with E-state index in [1.54, 1.807) is 42.5 Å². The van der Waals surface area contributed by atoms with E-state index in [-0.39, 0.29) is 24.7 Å². The molecule has 1 heterocycles. The van der Waals surface area contributed by atoms with Gasteiger partial charge >= 0.3 is 5.97 Å². The van der Waals surface area contributed by atoms with Gasteiger partial charge in [0.05, 0.1) is 22.4 Å². The number of halogens is 2. The second kappa shape index (κ2) is 11.1. The number of carbonyl (C=O) groups is 2. The molecule has 0 bridgehead atoms. The number of aromatic nitrogens is 2. The third-order valence-corrected chi connectivity index (χ3v) is 5.79. The fraction of sp³-hybridized carbons (Fsp3) is 0.185. The molecule has 0 fully saturated rings. The molecule has 0 spiro atoms. The molecule has 0 saturated heterocycles. The lowest BCUT2D eigenvalue weighted by Crippen LogP contribution is -2.22. The Morgan fingerprint density at radius 2 is 1.66 bits per heavy atom. The van der Waals surface area contributed by atoms with E-state index in [0.717, 1.165) is 16.8 Å². The van der Waals surface area contributed by atoms with Crippen molar-refractivity contribution in [1.82, 2.24) is 15.3 Å². The molecule has 0 unspecified atom stereocenters. The number of hydrogen-bond acceptors (Lipinski definition) is 4. The van der Waals surface area contributed by atoms with Crippen LogP contribution in [0.3, 0.4) is 0 Å². The summed E-state index contributed by atoms with van der Waals surface area (Å²) in [7, 11) is 0. The molecule has 1 aromatic heterocycles. The van der Waals surface area contributed by atoms with Crippen molar-refractivity contribution in [3.05, 3.63) is 94.4 Å². The van der Waals surface area contributed by atoms with E-state index in [9.17, 15) is 14.0 Å². The number of rotatable bonds is 9. The molecule has 6 nitrogen and oxygen atoms in total. The summed E-state index contributed by atoms with van der Waals surface area (Å²) >= 11 is 6.04. The molecule has 0 saturated carbocycles. The average Bonchev–Trinajstić information content (AvgIpc) is 2.85. The number of unbranched alkanes of at least 4 members (excludes halogenated alkanes) is 1. The zero-order chi connectivity index (χ0) is 24.8. The third-order valence-electron chi connectivity index (χ3n) is 5.54. The van der Waals surface area contributed by atoms with Gasteiger partial charge in [-0.25, -0.2) is 14.4 Å². The summed E-state index contributed by atoms with van der Waals surface area (Å²) in [6.07, 6.45) is 1.82.